The van der Waals surface area contributed by atoms with Gasteiger partial charge >= 0.3 is 11.8 Å². The Kier molecular flexibility index (Phi) is 6.17. The van der Waals surface area contributed by atoms with Gasteiger partial charge in [0.2, 0.25) is 0 Å². The average molecular weight is 340 g/mol. The molecule has 0 spiro atoms. The second-order valence-electron chi connectivity index (χ2n) is 5.86. The molecule has 2 aromatic rings. The van der Waals surface area contributed by atoms with Crippen molar-refractivity contribution in [2.24, 2.45) is 0 Å². The second kappa shape index (κ2) is 8.33. The van der Waals surface area contributed by atoms with Crippen LogP contribution in [0, 0.1) is 13.8 Å². The largest absolute Gasteiger partial charge is 0.492 e. The molecule has 5 nitrogen and oxygen atoms in total. The van der Waals surface area contributed by atoms with E-state index < -0.39 is 11.8 Å². The summed E-state index contributed by atoms with van der Waals surface area (Å²) in [5.41, 5.74) is 4.21. The number of amides is 2. The van der Waals surface area contributed by atoms with Crippen molar-refractivity contribution in [3.8, 4) is 5.75 Å². The third kappa shape index (κ3) is 4.83. The average Bonchev–Trinajstić information content (AvgIpc) is 2.58. The Morgan fingerprint density at radius 1 is 0.880 bits per heavy atom. The number of benzene rings is 2. The normalized spacial score (nSPS) is 10.2. The molecule has 0 aromatic heterocycles. The maximum Gasteiger partial charge on any atom is 0.314 e. The minimum Gasteiger partial charge on any atom is -0.492 e. The van der Waals surface area contributed by atoms with Crippen molar-refractivity contribution in [1.82, 2.24) is 0 Å². The zero-order chi connectivity index (χ0) is 18.4. The summed E-state index contributed by atoms with van der Waals surface area (Å²) in [6, 6.07) is 11.2. The van der Waals surface area contributed by atoms with E-state index in [4.69, 9.17) is 4.74 Å². The molecule has 0 unspecified atom stereocenters. The van der Waals surface area contributed by atoms with Crippen molar-refractivity contribution < 1.29 is 14.3 Å². The molecular weight excluding hydrogens is 316 g/mol. The summed E-state index contributed by atoms with van der Waals surface area (Å²) in [5.74, 6) is -0.893. The van der Waals surface area contributed by atoms with Crippen molar-refractivity contribution >= 4 is 23.2 Å². The van der Waals surface area contributed by atoms with E-state index >= 15 is 0 Å². The van der Waals surface area contributed by atoms with Gasteiger partial charge in [-0.15, -0.1) is 0 Å². The lowest BCUT2D eigenvalue weighted by Crippen LogP contribution is -2.29. The fraction of sp³-hybridized carbons (Fsp3) is 0.300. The van der Waals surface area contributed by atoms with Gasteiger partial charge in [-0.25, -0.2) is 0 Å². The van der Waals surface area contributed by atoms with Crippen molar-refractivity contribution in [3.05, 3.63) is 53.1 Å². The summed E-state index contributed by atoms with van der Waals surface area (Å²) in [7, 11) is 0. The fourth-order valence-electron chi connectivity index (χ4n) is 2.52. The van der Waals surface area contributed by atoms with E-state index in [1.165, 1.54) is 0 Å². The molecule has 2 aromatic carbocycles. The molecule has 25 heavy (non-hydrogen) atoms. The molecule has 2 N–H and O–H groups in total. The number of hydrogen-bond donors (Lipinski definition) is 2. The molecule has 2 rings (SSSR count). The molecular formula is C20H24N2O3. The van der Waals surface area contributed by atoms with Gasteiger partial charge in [0.15, 0.2) is 0 Å². The number of anilines is 2. The van der Waals surface area contributed by atoms with Crippen LogP contribution in [0.15, 0.2) is 36.4 Å². The lowest BCUT2D eigenvalue weighted by Gasteiger charge is -2.13. The molecule has 0 aliphatic heterocycles. The lowest BCUT2D eigenvalue weighted by molar-refractivity contribution is -0.133. The van der Waals surface area contributed by atoms with E-state index in [0.29, 0.717) is 23.7 Å². The first-order valence-corrected chi connectivity index (χ1v) is 8.39. The monoisotopic (exact) mass is 340 g/mol. The van der Waals surface area contributed by atoms with Gasteiger partial charge in [0.25, 0.3) is 0 Å². The van der Waals surface area contributed by atoms with E-state index in [2.05, 4.69) is 10.6 Å². The van der Waals surface area contributed by atoms with Crippen molar-refractivity contribution in [2.75, 3.05) is 17.2 Å². The highest BCUT2D eigenvalue weighted by Gasteiger charge is 2.17. The Labute approximate surface area is 148 Å². The molecule has 0 saturated carbocycles. The topological polar surface area (TPSA) is 67.4 Å². The minimum atomic E-state index is -0.728. The highest BCUT2D eigenvalue weighted by Crippen LogP contribution is 2.26. The van der Waals surface area contributed by atoms with E-state index in [1.807, 2.05) is 52.0 Å². The van der Waals surface area contributed by atoms with Crippen LogP contribution in [0.4, 0.5) is 11.4 Å². The smallest absolute Gasteiger partial charge is 0.314 e. The second-order valence-corrected chi connectivity index (χ2v) is 5.86. The van der Waals surface area contributed by atoms with Gasteiger partial charge in [-0.1, -0.05) is 30.7 Å². The summed E-state index contributed by atoms with van der Waals surface area (Å²) < 4.78 is 5.49. The highest BCUT2D eigenvalue weighted by atomic mass is 16.5. The molecule has 0 radical (unpaired) electrons. The molecule has 0 aliphatic carbocycles. The van der Waals surface area contributed by atoms with E-state index in [-0.39, 0.29) is 0 Å². The third-order valence-electron chi connectivity index (χ3n) is 3.78. The number of aryl methyl sites for hydroxylation is 3. The number of carbonyl (C=O) groups excluding carboxylic acids is 2. The van der Waals surface area contributed by atoms with Crippen molar-refractivity contribution in [3.63, 3.8) is 0 Å². The molecule has 0 atom stereocenters. The van der Waals surface area contributed by atoms with Gasteiger partial charge in [0.1, 0.15) is 5.75 Å². The van der Waals surface area contributed by atoms with Crippen LogP contribution in [0.25, 0.3) is 0 Å². The zero-order valence-electron chi connectivity index (χ0n) is 15.1. The molecule has 2 amide bonds. The first-order valence-electron chi connectivity index (χ1n) is 8.39. The SMILES string of the molecule is CCOc1ccc(C)cc1NC(=O)C(=O)Nc1ccc(C)cc1CC. The molecule has 0 fully saturated rings. The minimum absolute atomic E-state index is 0.474. The highest BCUT2D eigenvalue weighted by molar-refractivity contribution is 6.43. The maximum atomic E-state index is 12.3. The standard InChI is InChI=1S/C20H24N2O3/c1-5-15-11-13(3)7-9-16(15)21-19(23)20(24)22-17-12-14(4)8-10-18(17)25-6-2/h7-12H,5-6H2,1-4H3,(H,21,23)(H,22,24). The molecule has 0 saturated heterocycles. The first-order chi connectivity index (χ1) is 11.9. The lowest BCUT2D eigenvalue weighted by atomic mass is 10.1. The van der Waals surface area contributed by atoms with E-state index in [9.17, 15) is 9.59 Å². The van der Waals surface area contributed by atoms with Gasteiger partial charge in [-0.2, -0.15) is 0 Å². The summed E-state index contributed by atoms with van der Waals surface area (Å²) in [6.07, 6.45) is 0.769. The number of carbonyl (C=O) groups is 2. The summed E-state index contributed by atoms with van der Waals surface area (Å²) >= 11 is 0. The molecule has 0 heterocycles. The number of ether oxygens (including phenoxy) is 1. The summed E-state index contributed by atoms with van der Waals surface area (Å²) in [5, 5.41) is 5.31. The summed E-state index contributed by atoms with van der Waals surface area (Å²) in [4.78, 5) is 24.5. The van der Waals surface area contributed by atoms with Crippen LogP contribution in [0.5, 0.6) is 5.75 Å². The van der Waals surface area contributed by atoms with Crippen molar-refractivity contribution in [1.29, 1.82) is 0 Å². The van der Waals surface area contributed by atoms with Crippen LogP contribution in [0.3, 0.4) is 0 Å². The third-order valence-corrected chi connectivity index (χ3v) is 3.78. The molecule has 5 heteroatoms. The van der Waals surface area contributed by atoms with Crippen LogP contribution in [-0.4, -0.2) is 18.4 Å². The molecule has 0 aliphatic rings. The Hall–Kier alpha value is -2.82. The Balaban J connectivity index is 2.14. The molecule has 0 bridgehead atoms. The number of rotatable bonds is 5. The van der Waals surface area contributed by atoms with Gasteiger partial charge < -0.3 is 15.4 Å². The van der Waals surface area contributed by atoms with Gasteiger partial charge in [0.05, 0.1) is 12.3 Å². The zero-order valence-corrected chi connectivity index (χ0v) is 15.1. The van der Waals surface area contributed by atoms with Crippen LogP contribution in [-0.2, 0) is 16.0 Å². The van der Waals surface area contributed by atoms with Crippen LogP contribution in [0.2, 0.25) is 0 Å². The summed E-state index contributed by atoms with van der Waals surface area (Å²) in [6.45, 7) is 8.24. The van der Waals surface area contributed by atoms with Crippen LogP contribution in [0.1, 0.15) is 30.5 Å². The van der Waals surface area contributed by atoms with E-state index in [0.717, 1.165) is 23.1 Å². The van der Waals surface area contributed by atoms with Crippen molar-refractivity contribution in [2.45, 2.75) is 34.1 Å². The van der Waals surface area contributed by atoms with E-state index in [1.54, 1.807) is 12.1 Å². The van der Waals surface area contributed by atoms with Gasteiger partial charge in [0, 0.05) is 5.69 Å². The predicted octanol–water partition coefficient (Wildman–Crippen LogP) is 3.84. The molecule has 132 valence electrons. The maximum absolute atomic E-state index is 12.3. The number of nitrogens with one attached hydrogen (secondary N) is 2. The Morgan fingerprint density at radius 2 is 1.48 bits per heavy atom. The van der Waals surface area contributed by atoms with Gasteiger partial charge in [-0.3, -0.25) is 9.59 Å². The Morgan fingerprint density at radius 3 is 2.12 bits per heavy atom. The Bertz CT molecular complexity index is 785. The first kappa shape index (κ1) is 18.5. The van der Waals surface area contributed by atoms with Crippen LogP contribution >= 0.6 is 0 Å². The van der Waals surface area contributed by atoms with Gasteiger partial charge in [-0.05, 0) is 56.5 Å². The predicted molar refractivity (Wildman–Crippen MR) is 100 cm³/mol. The quantitative estimate of drug-likeness (QED) is 0.813. The fourth-order valence-corrected chi connectivity index (χ4v) is 2.52. The van der Waals surface area contributed by atoms with Crippen LogP contribution < -0.4 is 15.4 Å². The number of hydrogen-bond acceptors (Lipinski definition) is 3.